The number of guanidine groups is 1. The molecule has 0 spiro atoms. The average molecular weight is 525 g/mol. The molecule has 3 N–H and O–H groups in total. The molecule has 2 amide bonds. The first-order valence-corrected chi connectivity index (χ1v) is 11.8. The molecule has 1 aliphatic rings. The third-order valence-corrected chi connectivity index (χ3v) is 5.51. The lowest BCUT2D eigenvalue weighted by Gasteiger charge is -2.31. The molecule has 36 heavy (non-hydrogen) atoms. The monoisotopic (exact) mass is 524 g/mol. The highest BCUT2D eigenvalue weighted by atomic mass is 35.5. The molecule has 2 aromatic carbocycles. The van der Waals surface area contributed by atoms with E-state index in [0.29, 0.717) is 25.7 Å². The number of ether oxygens (including phenoxy) is 1. The predicted octanol–water partition coefficient (Wildman–Crippen LogP) is 5.79. The summed E-state index contributed by atoms with van der Waals surface area (Å²) < 4.78 is 46.0. The molecule has 0 saturated heterocycles. The lowest BCUT2D eigenvalue weighted by molar-refractivity contribution is 0.0490. The minimum atomic E-state index is -1.17. The van der Waals surface area contributed by atoms with E-state index in [1.807, 2.05) is 0 Å². The Hall–Kier alpha value is -3.27. The van der Waals surface area contributed by atoms with E-state index in [1.165, 1.54) is 12.1 Å². The van der Waals surface area contributed by atoms with E-state index in [0.717, 1.165) is 24.3 Å². The molecule has 2 aromatic rings. The van der Waals surface area contributed by atoms with E-state index in [1.54, 1.807) is 20.8 Å². The zero-order valence-corrected chi connectivity index (χ0v) is 20.9. The lowest BCUT2D eigenvalue weighted by Crippen LogP contribution is -2.46. The molecular weight excluding hydrogens is 497 g/mol. The molecule has 194 valence electrons. The van der Waals surface area contributed by atoms with E-state index < -0.39 is 35.1 Å². The molecule has 0 aliphatic heterocycles. The van der Waals surface area contributed by atoms with Gasteiger partial charge in [0.15, 0.2) is 11.6 Å². The second-order valence-electron chi connectivity index (χ2n) is 9.52. The van der Waals surface area contributed by atoms with Crippen molar-refractivity contribution < 1.29 is 27.5 Å². The Kier molecular flexibility index (Phi) is 8.84. The Morgan fingerprint density at radius 3 is 2.17 bits per heavy atom. The molecule has 11 heteroatoms. The fourth-order valence-electron chi connectivity index (χ4n) is 3.70. The Bertz CT molecular complexity index is 1130. The summed E-state index contributed by atoms with van der Waals surface area (Å²) in [5.74, 6) is -3.68. The van der Waals surface area contributed by atoms with Crippen molar-refractivity contribution in [3.63, 3.8) is 0 Å². The minimum Gasteiger partial charge on any atom is -0.444 e. The molecule has 0 bridgehead atoms. The molecule has 1 fully saturated rings. The first-order valence-electron chi connectivity index (χ1n) is 11.5. The van der Waals surface area contributed by atoms with Crippen LogP contribution in [0, 0.1) is 17.5 Å². The number of amides is 2. The predicted molar refractivity (Wildman–Crippen MR) is 132 cm³/mol. The molecule has 0 radical (unpaired) electrons. The number of carbonyl (C=O) groups is 2. The highest BCUT2D eigenvalue weighted by Crippen LogP contribution is 2.21. The molecular formula is C25H28ClF3N4O3. The van der Waals surface area contributed by atoms with Crippen molar-refractivity contribution in [2.24, 2.45) is 4.99 Å². The van der Waals surface area contributed by atoms with Gasteiger partial charge in [-0.15, -0.1) is 0 Å². The Labute approximate surface area is 212 Å². The summed E-state index contributed by atoms with van der Waals surface area (Å²) in [7, 11) is 0. The summed E-state index contributed by atoms with van der Waals surface area (Å²) in [6, 6.07) is 6.26. The van der Waals surface area contributed by atoms with Gasteiger partial charge in [-0.3, -0.25) is 4.79 Å². The fraction of sp³-hybridized carbons (Fsp3) is 0.400. The highest BCUT2D eigenvalue weighted by Gasteiger charge is 2.25. The number of anilines is 1. The second kappa shape index (κ2) is 11.6. The average Bonchev–Trinajstić information content (AvgIpc) is 2.75. The van der Waals surface area contributed by atoms with Gasteiger partial charge < -0.3 is 20.7 Å². The number of aliphatic imine (C=N–C) groups is 1. The van der Waals surface area contributed by atoms with Crippen LogP contribution in [-0.2, 0) is 4.74 Å². The van der Waals surface area contributed by atoms with Crippen LogP contribution in [0.5, 0.6) is 0 Å². The zero-order chi connectivity index (χ0) is 26.5. The number of nitrogens with one attached hydrogen (secondary N) is 3. The standard InChI is InChI=1S/C25H28ClF3N4O3/c1-25(2,3)36-24(35)32-18-7-5-17(6-8-18)30-23(31-19-12-15(26)11-16(27)13-19)33-22(34)14-4-9-20(28)21(29)10-14/h4,9-13,17-18H,5-8H2,1-3H3,(H,32,35)(H2,30,31,33,34). The Morgan fingerprint density at radius 2 is 1.58 bits per heavy atom. The number of nitrogens with zero attached hydrogens (tertiary/aromatic N) is 1. The zero-order valence-electron chi connectivity index (χ0n) is 20.1. The van der Waals surface area contributed by atoms with E-state index >= 15 is 0 Å². The minimum absolute atomic E-state index is 0.00467. The van der Waals surface area contributed by atoms with Crippen molar-refractivity contribution in [2.75, 3.05) is 5.32 Å². The van der Waals surface area contributed by atoms with Gasteiger partial charge in [0, 0.05) is 28.4 Å². The first kappa shape index (κ1) is 27.3. The van der Waals surface area contributed by atoms with Crippen LogP contribution in [-0.4, -0.2) is 35.6 Å². The third-order valence-electron chi connectivity index (χ3n) is 5.29. The number of benzene rings is 2. The molecule has 7 nitrogen and oxygen atoms in total. The SMILES string of the molecule is CC(C)(C)OC(=O)NC1CCC(N/C(=N\C(=O)c2ccc(F)c(F)c2)Nc2cc(F)cc(Cl)c2)CC1. The van der Waals surface area contributed by atoms with Gasteiger partial charge in [0.2, 0.25) is 5.96 Å². The van der Waals surface area contributed by atoms with Gasteiger partial charge in [0.1, 0.15) is 11.4 Å². The maximum Gasteiger partial charge on any atom is 0.407 e. The van der Waals surface area contributed by atoms with Crippen molar-refractivity contribution >= 4 is 35.2 Å². The van der Waals surface area contributed by atoms with Crippen LogP contribution in [0.2, 0.25) is 5.02 Å². The van der Waals surface area contributed by atoms with Gasteiger partial charge in [-0.25, -0.2) is 18.0 Å². The van der Waals surface area contributed by atoms with Gasteiger partial charge in [0.05, 0.1) is 0 Å². The topological polar surface area (TPSA) is 91.8 Å². The number of hydrogen-bond donors (Lipinski definition) is 3. The summed E-state index contributed by atoms with van der Waals surface area (Å²) in [5.41, 5.74) is -0.512. The van der Waals surface area contributed by atoms with Crippen molar-refractivity contribution in [1.29, 1.82) is 0 Å². The van der Waals surface area contributed by atoms with Crippen molar-refractivity contribution in [1.82, 2.24) is 10.6 Å². The largest absolute Gasteiger partial charge is 0.444 e. The maximum atomic E-state index is 13.8. The van der Waals surface area contributed by atoms with Gasteiger partial charge in [-0.2, -0.15) is 4.99 Å². The molecule has 3 rings (SSSR count). The molecule has 0 unspecified atom stereocenters. The molecule has 0 aromatic heterocycles. The van der Waals surface area contributed by atoms with Gasteiger partial charge in [-0.05, 0) is 82.9 Å². The van der Waals surface area contributed by atoms with Gasteiger partial charge in [-0.1, -0.05) is 11.6 Å². The molecule has 1 aliphatic carbocycles. The Morgan fingerprint density at radius 1 is 0.944 bits per heavy atom. The molecule has 0 heterocycles. The number of hydrogen-bond acceptors (Lipinski definition) is 3. The van der Waals surface area contributed by atoms with Crippen molar-refractivity contribution in [3.05, 3.63) is 64.4 Å². The lowest BCUT2D eigenvalue weighted by atomic mass is 9.91. The van der Waals surface area contributed by atoms with Crippen LogP contribution in [0.4, 0.5) is 23.7 Å². The third kappa shape index (κ3) is 8.44. The number of halogens is 4. The van der Waals surface area contributed by atoms with Crippen LogP contribution < -0.4 is 16.0 Å². The quantitative estimate of drug-likeness (QED) is 0.348. The summed E-state index contributed by atoms with van der Waals surface area (Å²) >= 11 is 5.93. The number of rotatable bonds is 4. The van der Waals surface area contributed by atoms with Crippen LogP contribution in [0.15, 0.2) is 41.4 Å². The van der Waals surface area contributed by atoms with Crippen LogP contribution >= 0.6 is 11.6 Å². The van der Waals surface area contributed by atoms with Gasteiger partial charge >= 0.3 is 6.09 Å². The van der Waals surface area contributed by atoms with E-state index in [-0.39, 0.29) is 34.3 Å². The van der Waals surface area contributed by atoms with E-state index in [4.69, 9.17) is 16.3 Å². The smallest absolute Gasteiger partial charge is 0.407 e. The maximum absolute atomic E-state index is 13.8. The summed E-state index contributed by atoms with van der Waals surface area (Å²) in [4.78, 5) is 28.7. The normalized spacial score (nSPS) is 18.4. The van der Waals surface area contributed by atoms with E-state index in [9.17, 15) is 22.8 Å². The summed E-state index contributed by atoms with van der Waals surface area (Å²) in [5, 5.41) is 8.95. The number of alkyl carbamates (subject to hydrolysis) is 1. The first-order chi connectivity index (χ1) is 16.9. The fourth-order valence-corrected chi connectivity index (χ4v) is 3.93. The summed E-state index contributed by atoms with van der Waals surface area (Å²) in [6.07, 6.45) is 2.07. The van der Waals surface area contributed by atoms with Crippen LogP contribution in [0.25, 0.3) is 0 Å². The van der Waals surface area contributed by atoms with Crippen LogP contribution in [0.3, 0.4) is 0 Å². The molecule has 0 atom stereocenters. The van der Waals surface area contributed by atoms with Crippen molar-refractivity contribution in [2.45, 2.75) is 64.1 Å². The van der Waals surface area contributed by atoms with E-state index in [2.05, 4.69) is 20.9 Å². The molecule has 1 saturated carbocycles. The van der Waals surface area contributed by atoms with Crippen molar-refractivity contribution in [3.8, 4) is 0 Å². The number of carbonyl (C=O) groups excluding carboxylic acids is 2. The Balaban J connectivity index is 1.71. The van der Waals surface area contributed by atoms with Gasteiger partial charge in [0.25, 0.3) is 5.91 Å². The highest BCUT2D eigenvalue weighted by molar-refractivity contribution is 6.31. The van der Waals surface area contributed by atoms with Crippen LogP contribution in [0.1, 0.15) is 56.8 Å². The second-order valence-corrected chi connectivity index (χ2v) is 9.95. The summed E-state index contributed by atoms with van der Waals surface area (Å²) in [6.45, 7) is 5.36.